The monoisotopic (exact) mass is 398 g/mol. The molecule has 0 saturated carbocycles. The molecule has 29 heavy (non-hydrogen) atoms. The zero-order chi connectivity index (χ0) is 20.6. The van der Waals surface area contributed by atoms with E-state index in [9.17, 15) is 14.9 Å². The molecule has 1 heterocycles. The van der Waals surface area contributed by atoms with Gasteiger partial charge in [0, 0.05) is 36.5 Å². The standard InChI is InChI=1S/C20H22N4O5/c1-15-4-2-3-5-19(15)29-14-20(25)22-21-13-16-12-17(24(26)27)6-7-18(16)23-8-10-28-11-9-23/h2-7,12-13H,8-11,14H2,1H3,(H,22,25)/b21-13-. The molecule has 0 bridgehead atoms. The van der Waals surface area contributed by atoms with Gasteiger partial charge in [-0.1, -0.05) is 18.2 Å². The maximum Gasteiger partial charge on any atom is 0.277 e. The summed E-state index contributed by atoms with van der Waals surface area (Å²) in [4.78, 5) is 24.7. The van der Waals surface area contributed by atoms with E-state index >= 15 is 0 Å². The number of nitro groups is 1. The molecule has 0 atom stereocenters. The summed E-state index contributed by atoms with van der Waals surface area (Å²) in [7, 11) is 0. The summed E-state index contributed by atoms with van der Waals surface area (Å²) in [6, 6.07) is 12.0. The Hall–Kier alpha value is -3.46. The van der Waals surface area contributed by atoms with Gasteiger partial charge in [-0.2, -0.15) is 5.10 Å². The summed E-state index contributed by atoms with van der Waals surface area (Å²) < 4.78 is 10.8. The van der Waals surface area contributed by atoms with Crippen molar-refractivity contribution in [1.82, 2.24) is 5.43 Å². The molecule has 152 valence electrons. The number of para-hydroxylation sites is 1. The maximum absolute atomic E-state index is 12.0. The van der Waals surface area contributed by atoms with Crippen LogP contribution in [-0.4, -0.2) is 50.0 Å². The first-order chi connectivity index (χ1) is 14.0. The molecule has 0 aromatic heterocycles. The largest absolute Gasteiger partial charge is 0.483 e. The number of anilines is 1. The number of hydrogen-bond donors (Lipinski definition) is 1. The highest BCUT2D eigenvalue weighted by atomic mass is 16.6. The number of carbonyl (C=O) groups excluding carboxylic acids is 1. The molecular weight excluding hydrogens is 376 g/mol. The molecule has 3 rings (SSSR count). The van der Waals surface area contributed by atoms with Gasteiger partial charge in [0.25, 0.3) is 11.6 Å². The van der Waals surface area contributed by atoms with Gasteiger partial charge >= 0.3 is 0 Å². The summed E-state index contributed by atoms with van der Waals surface area (Å²) >= 11 is 0. The zero-order valence-corrected chi connectivity index (χ0v) is 16.0. The van der Waals surface area contributed by atoms with E-state index < -0.39 is 10.8 Å². The van der Waals surface area contributed by atoms with Gasteiger partial charge in [0.1, 0.15) is 5.75 Å². The van der Waals surface area contributed by atoms with Crippen molar-refractivity contribution >= 4 is 23.5 Å². The molecule has 2 aromatic rings. The van der Waals surface area contributed by atoms with E-state index in [-0.39, 0.29) is 12.3 Å². The van der Waals surface area contributed by atoms with E-state index in [0.717, 1.165) is 11.3 Å². The van der Waals surface area contributed by atoms with Crippen molar-refractivity contribution in [3.8, 4) is 5.75 Å². The van der Waals surface area contributed by atoms with E-state index in [1.54, 1.807) is 12.1 Å². The highest BCUT2D eigenvalue weighted by Gasteiger charge is 2.17. The summed E-state index contributed by atoms with van der Waals surface area (Å²) in [5, 5.41) is 15.1. The Labute approximate surface area is 168 Å². The third-order valence-corrected chi connectivity index (χ3v) is 4.42. The van der Waals surface area contributed by atoms with Crippen LogP contribution in [0.2, 0.25) is 0 Å². The van der Waals surface area contributed by atoms with Crippen molar-refractivity contribution in [3.63, 3.8) is 0 Å². The number of morpholine rings is 1. The van der Waals surface area contributed by atoms with Crippen molar-refractivity contribution in [2.24, 2.45) is 5.10 Å². The van der Waals surface area contributed by atoms with Crippen molar-refractivity contribution in [1.29, 1.82) is 0 Å². The Morgan fingerprint density at radius 3 is 2.79 bits per heavy atom. The van der Waals surface area contributed by atoms with E-state index in [2.05, 4.69) is 15.4 Å². The van der Waals surface area contributed by atoms with Crippen LogP contribution in [-0.2, 0) is 9.53 Å². The second kappa shape index (κ2) is 9.65. The third-order valence-electron chi connectivity index (χ3n) is 4.42. The van der Waals surface area contributed by atoms with E-state index in [0.29, 0.717) is 37.6 Å². The number of hydrogen-bond acceptors (Lipinski definition) is 7. The molecule has 9 heteroatoms. The van der Waals surface area contributed by atoms with Crippen LogP contribution in [0.25, 0.3) is 0 Å². The number of hydrazone groups is 1. The first kappa shape index (κ1) is 20.3. The highest BCUT2D eigenvalue weighted by molar-refractivity contribution is 5.90. The van der Waals surface area contributed by atoms with Gasteiger partial charge in [0.2, 0.25) is 0 Å². The average molecular weight is 398 g/mol. The number of carbonyl (C=O) groups is 1. The van der Waals surface area contributed by atoms with Gasteiger partial charge in [-0.25, -0.2) is 5.43 Å². The number of amides is 1. The number of nitro benzene ring substituents is 1. The SMILES string of the molecule is Cc1ccccc1OCC(=O)N/N=C\c1cc([N+](=O)[O-])ccc1N1CCOCC1. The fourth-order valence-electron chi connectivity index (χ4n) is 2.92. The van der Waals surface area contributed by atoms with Crippen molar-refractivity contribution in [3.05, 3.63) is 63.7 Å². The molecular formula is C20H22N4O5. The predicted octanol–water partition coefficient (Wildman–Crippen LogP) is 2.27. The second-order valence-corrected chi connectivity index (χ2v) is 6.45. The number of non-ortho nitro benzene ring substituents is 1. The lowest BCUT2D eigenvalue weighted by Crippen LogP contribution is -2.36. The van der Waals surface area contributed by atoms with Gasteiger partial charge in [-0.05, 0) is 24.6 Å². The van der Waals surface area contributed by atoms with E-state index in [1.807, 2.05) is 25.1 Å². The minimum absolute atomic E-state index is 0.0438. The molecule has 0 unspecified atom stereocenters. The van der Waals surface area contributed by atoms with Crippen LogP contribution in [0.15, 0.2) is 47.6 Å². The van der Waals surface area contributed by atoms with Crippen molar-refractivity contribution in [2.45, 2.75) is 6.92 Å². The van der Waals surface area contributed by atoms with Gasteiger partial charge in [-0.3, -0.25) is 14.9 Å². The summed E-state index contributed by atoms with van der Waals surface area (Å²) in [6.45, 7) is 4.22. The van der Waals surface area contributed by atoms with Crippen LogP contribution in [0.4, 0.5) is 11.4 Å². The lowest BCUT2D eigenvalue weighted by Gasteiger charge is -2.29. The lowest BCUT2D eigenvalue weighted by molar-refractivity contribution is -0.384. The zero-order valence-electron chi connectivity index (χ0n) is 16.0. The first-order valence-corrected chi connectivity index (χ1v) is 9.16. The maximum atomic E-state index is 12.0. The molecule has 9 nitrogen and oxygen atoms in total. The van der Waals surface area contributed by atoms with Crippen LogP contribution in [0.1, 0.15) is 11.1 Å². The normalized spacial score (nSPS) is 14.0. The predicted molar refractivity (Wildman–Crippen MR) is 109 cm³/mol. The van der Waals surface area contributed by atoms with Crippen molar-refractivity contribution in [2.75, 3.05) is 37.8 Å². The molecule has 1 fully saturated rings. The molecule has 2 aromatic carbocycles. The molecule has 0 radical (unpaired) electrons. The van der Waals surface area contributed by atoms with Gasteiger partial charge < -0.3 is 14.4 Å². The fraction of sp³-hybridized carbons (Fsp3) is 0.300. The number of aryl methyl sites for hydroxylation is 1. The third kappa shape index (κ3) is 5.52. The van der Waals surface area contributed by atoms with Crippen LogP contribution in [0.3, 0.4) is 0 Å². The van der Waals surface area contributed by atoms with Gasteiger partial charge in [-0.15, -0.1) is 0 Å². The molecule has 0 spiro atoms. The molecule has 0 aliphatic carbocycles. The number of ether oxygens (including phenoxy) is 2. The van der Waals surface area contributed by atoms with Crippen LogP contribution >= 0.6 is 0 Å². The Kier molecular flexibility index (Phi) is 6.75. The molecule has 1 saturated heterocycles. The Balaban J connectivity index is 1.66. The number of rotatable bonds is 7. The summed E-state index contributed by atoms with van der Waals surface area (Å²) in [5.41, 5.74) is 4.62. The number of nitrogens with one attached hydrogen (secondary N) is 1. The van der Waals surface area contributed by atoms with E-state index in [4.69, 9.17) is 9.47 Å². The molecule has 1 N–H and O–H groups in total. The van der Waals surface area contributed by atoms with Gasteiger partial charge in [0.05, 0.1) is 24.4 Å². The Bertz CT molecular complexity index is 909. The van der Waals surface area contributed by atoms with E-state index in [1.165, 1.54) is 18.3 Å². The van der Waals surface area contributed by atoms with Crippen molar-refractivity contribution < 1.29 is 19.2 Å². The number of nitrogens with zero attached hydrogens (tertiary/aromatic N) is 3. The minimum atomic E-state index is -0.463. The topological polar surface area (TPSA) is 106 Å². The summed E-state index contributed by atoms with van der Waals surface area (Å²) in [6.07, 6.45) is 1.41. The quantitative estimate of drug-likeness (QED) is 0.436. The highest BCUT2D eigenvalue weighted by Crippen LogP contribution is 2.25. The number of benzene rings is 2. The van der Waals surface area contributed by atoms with Crippen LogP contribution in [0.5, 0.6) is 5.75 Å². The summed E-state index contributed by atoms with van der Waals surface area (Å²) in [5.74, 6) is 0.197. The fourth-order valence-corrected chi connectivity index (χ4v) is 2.92. The smallest absolute Gasteiger partial charge is 0.277 e. The Morgan fingerprint density at radius 1 is 1.31 bits per heavy atom. The average Bonchev–Trinajstić information content (AvgIpc) is 2.73. The lowest BCUT2D eigenvalue weighted by atomic mass is 10.1. The second-order valence-electron chi connectivity index (χ2n) is 6.45. The van der Waals surface area contributed by atoms with Crippen LogP contribution < -0.4 is 15.1 Å². The van der Waals surface area contributed by atoms with Crippen LogP contribution in [0, 0.1) is 17.0 Å². The molecule has 1 aliphatic rings. The molecule has 1 amide bonds. The molecule has 1 aliphatic heterocycles. The van der Waals surface area contributed by atoms with Gasteiger partial charge in [0.15, 0.2) is 6.61 Å². The minimum Gasteiger partial charge on any atom is -0.483 e. The Morgan fingerprint density at radius 2 is 2.07 bits per heavy atom. The first-order valence-electron chi connectivity index (χ1n) is 9.16.